The largest absolute Gasteiger partial charge is 0.311 e. The molecule has 3 heteroatoms. The van der Waals surface area contributed by atoms with Crippen LogP contribution in [0.15, 0.2) is 5.38 Å². The molecule has 0 atom stereocenters. The molecule has 0 aliphatic carbocycles. The van der Waals surface area contributed by atoms with Crippen LogP contribution in [-0.2, 0) is 12.0 Å². The van der Waals surface area contributed by atoms with E-state index in [0.29, 0.717) is 0 Å². The quantitative estimate of drug-likeness (QED) is 0.779. The molecule has 0 saturated carbocycles. The maximum absolute atomic E-state index is 4.64. The van der Waals surface area contributed by atoms with Crippen molar-refractivity contribution in [3.8, 4) is 0 Å². The highest BCUT2D eigenvalue weighted by atomic mass is 32.1. The number of nitrogens with zero attached hydrogens (tertiary/aromatic N) is 1. The van der Waals surface area contributed by atoms with Crippen molar-refractivity contribution in [3.05, 3.63) is 16.1 Å². The van der Waals surface area contributed by atoms with Gasteiger partial charge in [0.2, 0.25) is 0 Å². The molecule has 0 amide bonds. The van der Waals surface area contributed by atoms with E-state index in [4.69, 9.17) is 0 Å². The minimum Gasteiger partial charge on any atom is -0.311 e. The Morgan fingerprint density at radius 2 is 2.13 bits per heavy atom. The number of hydrogen-bond donors (Lipinski definition) is 1. The van der Waals surface area contributed by atoms with Gasteiger partial charge in [-0.05, 0) is 13.0 Å². The van der Waals surface area contributed by atoms with Gasteiger partial charge in [-0.25, -0.2) is 4.98 Å². The molecule has 1 aromatic heterocycles. The number of thiazole rings is 1. The van der Waals surface area contributed by atoms with E-state index >= 15 is 0 Å². The average Bonchev–Trinajstić information content (AvgIpc) is 2.60. The molecule has 1 heterocycles. The maximum atomic E-state index is 4.64. The molecular weight excluding hydrogens is 204 g/mol. The van der Waals surface area contributed by atoms with E-state index in [9.17, 15) is 0 Å². The Morgan fingerprint density at radius 1 is 1.40 bits per heavy atom. The molecule has 0 aliphatic rings. The summed E-state index contributed by atoms with van der Waals surface area (Å²) >= 11 is 1.77. The lowest BCUT2D eigenvalue weighted by Crippen LogP contribution is -2.15. The summed E-state index contributed by atoms with van der Waals surface area (Å²) < 4.78 is 0. The Kier molecular flexibility index (Phi) is 4.74. The molecule has 2 nitrogen and oxygen atoms in total. The summed E-state index contributed by atoms with van der Waals surface area (Å²) in [7, 11) is 0. The molecule has 0 saturated heterocycles. The fourth-order valence-corrected chi connectivity index (χ4v) is 2.16. The first-order chi connectivity index (χ1) is 7.04. The van der Waals surface area contributed by atoms with E-state index in [0.717, 1.165) is 13.1 Å². The molecule has 1 rings (SSSR count). The minimum absolute atomic E-state index is 0.187. The van der Waals surface area contributed by atoms with Gasteiger partial charge in [-0.2, -0.15) is 0 Å². The molecule has 0 radical (unpaired) electrons. The molecule has 1 aromatic rings. The summed E-state index contributed by atoms with van der Waals surface area (Å²) in [6.07, 6.45) is 2.49. The van der Waals surface area contributed by atoms with Crippen LogP contribution in [-0.4, -0.2) is 11.5 Å². The van der Waals surface area contributed by atoms with Crippen molar-refractivity contribution in [2.45, 2.75) is 52.5 Å². The van der Waals surface area contributed by atoms with Gasteiger partial charge in [0.25, 0.3) is 0 Å². The Morgan fingerprint density at radius 3 is 2.67 bits per heavy atom. The van der Waals surface area contributed by atoms with Crippen molar-refractivity contribution >= 4 is 11.3 Å². The van der Waals surface area contributed by atoms with E-state index in [1.54, 1.807) is 11.3 Å². The van der Waals surface area contributed by atoms with Crippen molar-refractivity contribution in [2.75, 3.05) is 6.54 Å². The fraction of sp³-hybridized carbons (Fsp3) is 0.750. The van der Waals surface area contributed by atoms with E-state index < -0.39 is 0 Å². The third kappa shape index (κ3) is 4.31. The zero-order valence-electron chi connectivity index (χ0n) is 10.3. The van der Waals surface area contributed by atoms with Gasteiger partial charge in [-0.15, -0.1) is 11.3 Å². The van der Waals surface area contributed by atoms with Crippen molar-refractivity contribution in [1.82, 2.24) is 10.3 Å². The van der Waals surface area contributed by atoms with Gasteiger partial charge in [0.15, 0.2) is 0 Å². The number of hydrogen-bond acceptors (Lipinski definition) is 3. The summed E-state index contributed by atoms with van der Waals surface area (Å²) in [5.41, 5.74) is 1.37. The van der Waals surface area contributed by atoms with Crippen LogP contribution in [0.5, 0.6) is 0 Å². The van der Waals surface area contributed by atoms with Crippen LogP contribution in [0, 0.1) is 0 Å². The van der Waals surface area contributed by atoms with Crippen molar-refractivity contribution in [3.63, 3.8) is 0 Å². The van der Waals surface area contributed by atoms with Crippen LogP contribution < -0.4 is 5.32 Å². The number of unbranched alkanes of at least 4 members (excludes halogenated alkanes) is 1. The zero-order chi connectivity index (χ0) is 11.3. The number of rotatable bonds is 5. The monoisotopic (exact) mass is 226 g/mol. The summed E-state index contributed by atoms with van der Waals surface area (Å²) in [6.45, 7) is 10.8. The smallest absolute Gasteiger partial charge is 0.0982 e. The molecule has 0 spiro atoms. The normalized spacial score (nSPS) is 12.0. The van der Waals surface area contributed by atoms with Crippen LogP contribution in [0.3, 0.4) is 0 Å². The Hall–Kier alpha value is -0.410. The number of aromatic nitrogens is 1. The van der Waals surface area contributed by atoms with Gasteiger partial charge >= 0.3 is 0 Å². The summed E-state index contributed by atoms with van der Waals surface area (Å²) in [6, 6.07) is 0. The van der Waals surface area contributed by atoms with Crippen LogP contribution in [0.1, 0.15) is 51.2 Å². The van der Waals surface area contributed by atoms with Crippen LogP contribution in [0.25, 0.3) is 0 Å². The Bertz CT molecular complexity index is 286. The van der Waals surface area contributed by atoms with Crippen molar-refractivity contribution in [1.29, 1.82) is 0 Å². The first-order valence-electron chi connectivity index (χ1n) is 5.69. The van der Waals surface area contributed by atoms with Gasteiger partial charge < -0.3 is 5.32 Å². The van der Waals surface area contributed by atoms with E-state index in [1.165, 1.54) is 23.5 Å². The summed E-state index contributed by atoms with van der Waals surface area (Å²) in [4.78, 5) is 4.64. The molecule has 0 aliphatic heterocycles. The fourth-order valence-electron chi connectivity index (χ4n) is 1.25. The highest BCUT2D eigenvalue weighted by molar-refractivity contribution is 7.09. The predicted molar refractivity (Wildman–Crippen MR) is 67.4 cm³/mol. The maximum Gasteiger partial charge on any atom is 0.0982 e. The van der Waals surface area contributed by atoms with Crippen LogP contribution in [0.2, 0.25) is 0 Å². The van der Waals surface area contributed by atoms with E-state index in [2.05, 4.69) is 43.4 Å². The highest BCUT2D eigenvalue weighted by Gasteiger charge is 2.17. The SMILES string of the molecule is CCCCNCc1csc(C(C)(C)C)n1. The molecule has 0 aromatic carbocycles. The van der Waals surface area contributed by atoms with Gasteiger partial charge in [-0.3, -0.25) is 0 Å². The zero-order valence-corrected chi connectivity index (χ0v) is 11.1. The molecule has 0 fully saturated rings. The minimum atomic E-state index is 0.187. The van der Waals surface area contributed by atoms with E-state index in [-0.39, 0.29) is 5.41 Å². The van der Waals surface area contributed by atoms with Gasteiger partial charge in [0.05, 0.1) is 10.7 Å². The van der Waals surface area contributed by atoms with Crippen molar-refractivity contribution < 1.29 is 0 Å². The standard InChI is InChI=1S/C12H22N2S/c1-5-6-7-13-8-10-9-15-11(14-10)12(2,3)4/h9,13H,5-8H2,1-4H3. The second-order valence-corrected chi connectivity index (χ2v) is 5.78. The van der Waals surface area contributed by atoms with E-state index in [1.807, 2.05) is 0 Å². The lowest BCUT2D eigenvalue weighted by atomic mass is 9.98. The number of nitrogens with one attached hydrogen (secondary N) is 1. The first-order valence-corrected chi connectivity index (χ1v) is 6.57. The summed E-state index contributed by atoms with van der Waals surface area (Å²) in [5, 5.41) is 6.81. The van der Waals surface area contributed by atoms with Gasteiger partial charge in [-0.1, -0.05) is 34.1 Å². The van der Waals surface area contributed by atoms with Crippen LogP contribution in [0.4, 0.5) is 0 Å². The van der Waals surface area contributed by atoms with Crippen LogP contribution >= 0.6 is 11.3 Å². The first kappa shape index (κ1) is 12.7. The third-order valence-corrected chi connectivity index (χ3v) is 3.52. The molecular formula is C12H22N2S. The lowest BCUT2D eigenvalue weighted by molar-refractivity contribution is 0.577. The Balaban J connectivity index is 2.40. The highest BCUT2D eigenvalue weighted by Crippen LogP contribution is 2.25. The molecule has 0 bridgehead atoms. The topological polar surface area (TPSA) is 24.9 Å². The molecule has 1 N–H and O–H groups in total. The lowest BCUT2D eigenvalue weighted by Gasteiger charge is -2.13. The van der Waals surface area contributed by atoms with Gasteiger partial charge in [0.1, 0.15) is 0 Å². The summed E-state index contributed by atoms with van der Waals surface area (Å²) in [5.74, 6) is 0. The van der Waals surface area contributed by atoms with Gasteiger partial charge in [0, 0.05) is 17.3 Å². The van der Waals surface area contributed by atoms with Crippen molar-refractivity contribution in [2.24, 2.45) is 0 Å². The average molecular weight is 226 g/mol. The molecule has 86 valence electrons. The second kappa shape index (κ2) is 5.61. The molecule has 0 unspecified atom stereocenters. The molecule has 15 heavy (non-hydrogen) atoms. The third-order valence-electron chi connectivity index (χ3n) is 2.21. The second-order valence-electron chi connectivity index (χ2n) is 4.92. The predicted octanol–water partition coefficient (Wildman–Crippen LogP) is 3.33. The Labute approximate surface area is 97.1 Å².